The molecule has 16 nitrogen and oxygen atoms in total. The van der Waals surface area contributed by atoms with Crippen molar-refractivity contribution in [2.75, 3.05) is 20.3 Å². The number of methoxy groups -OCH3 is 1. The van der Waals surface area contributed by atoms with Gasteiger partial charge in [0.15, 0.2) is 12.7 Å². The molecule has 44 heavy (non-hydrogen) atoms. The van der Waals surface area contributed by atoms with E-state index in [1.165, 1.54) is 0 Å². The van der Waals surface area contributed by atoms with Crippen molar-refractivity contribution < 1.29 is 57.2 Å². The molecule has 0 saturated carbocycles. The molecule has 0 bridgehead atoms. The smallest absolute Gasteiger partial charge is 0.349 e. The van der Waals surface area contributed by atoms with Crippen molar-refractivity contribution in [1.29, 1.82) is 0 Å². The van der Waals surface area contributed by atoms with Crippen LogP contribution in [0.15, 0.2) is 35.4 Å². The molecule has 0 spiro atoms. The van der Waals surface area contributed by atoms with E-state index in [4.69, 9.17) is 34.0 Å². The summed E-state index contributed by atoms with van der Waals surface area (Å²) in [6, 6.07) is 7.61. The summed E-state index contributed by atoms with van der Waals surface area (Å²) in [5.74, 6) is -4.85. The van der Waals surface area contributed by atoms with Crippen LogP contribution in [-0.2, 0) is 62.9 Å². The van der Waals surface area contributed by atoms with Gasteiger partial charge in [0.2, 0.25) is 4.93 Å². The molecule has 6 atom stereocenters. The van der Waals surface area contributed by atoms with Gasteiger partial charge in [-0.3, -0.25) is 24.0 Å². The number of hydrogen-bond donors (Lipinski definition) is 1. The first-order valence-electron chi connectivity index (χ1n) is 13.2. The van der Waals surface area contributed by atoms with Crippen LogP contribution in [0.25, 0.3) is 10.4 Å². The van der Waals surface area contributed by atoms with Gasteiger partial charge in [-0.05, 0) is 11.1 Å². The highest BCUT2D eigenvalue weighted by Crippen LogP contribution is 2.44. The molecule has 1 fully saturated rings. The molecule has 1 saturated heterocycles. The van der Waals surface area contributed by atoms with E-state index in [1.54, 1.807) is 30.3 Å². The minimum absolute atomic E-state index is 0.198. The van der Waals surface area contributed by atoms with Gasteiger partial charge in [0, 0.05) is 44.8 Å². The number of azide groups is 1. The third-order valence-electron chi connectivity index (χ3n) is 6.05. The van der Waals surface area contributed by atoms with Crippen molar-refractivity contribution in [3.63, 3.8) is 0 Å². The number of esters is 5. The van der Waals surface area contributed by atoms with E-state index in [0.717, 1.165) is 52.1 Å². The van der Waals surface area contributed by atoms with Gasteiger partial charge in [0.25, 0.3) is 5.91 Å². The third kappa shape index (κ3) is 10.7. The first-order valence-corrected chi connectivity index (χ1v) is 14.2. The Hall–Kier alpha value is -4.34. The number of thioether (sulfide) groups is 1. The van der Waals surface area contributed by atoms with Gasteiger partial charge < -0.3 is 33.7 Å². The quantitative estimate of drug-likeness (QED) is 0.101. The summed E-state index contributed by atoms with van der Waals surface area (Å²) in [4.78, 5) is 75.1. The predicted octanol–water partition coefficient (Wildman–Crippen LogP) is 1.73. The van der Waals surface area contributed by atoms with Crippen molar-refractivity contribution in [2.24, 2.45) is 5.11 Å². The molecule has 2 rings (SSSR count). The minimum atomic E-state index is -1.93. The van der Waals surface area contributed by atoms with Crippen molar-refractivity contribution in [3.8, 4) is 0 Å². The first kappa shape index (κ1) is 35.9. The highest BCUT2D eigenvalue weighted by Gasteiger charge is 2.58. The van der Waals surface area contributed by atoms with Crippen molar-refractivity contribution >= 4 is 47.5 Å². The summed E-state index contributed by atoms with van der Waals surface area (Å²) in [6.07, 6.45) is -6.41. The van der Waals surface area contributed by atoms with E-state index in [1.807, 2.05) is 0 Å². The van der Waals surface area contributed by atoms with Gasteiger partial charge in [-0.25, -0.2) is 4.79 Å². The van der Waals surface area contributed by atoms with Crippen LogP contribution in [0.3, 0.4) is 0 Å². The summed E-state index contributed by atoms with van der Waals surface area (Å²) < 4.78 is 32.6. The molecule has 0 aliphatic carbocycles. The lowest BCUT2D eigenvalue weighted by molar-refractivity contribution is -0.220. The summed E-state index contributed by atoms with van der Waals surface area (Å²) in [6.45, 7) is 3.01. The van der Waals surface area contributed by atoms with Crippen molar-refractivity contribution in [1.82, 2.24) is 5.32 Å². The third-order valence-corrected chi connectivity index (χ3v) is 7.42. The van der Waals surface area contributed by atoms with Gasteiger partial charge in [-0.1, -0.05) is 35.4 Å². The minimum Gasteiger partial charge on any atom is -0.466 e. The Labute approximate surface area is 257 Å². The van der Waals surface area contributed by atoms with E-state index < -0.39 is 84.3 Å². The number of carbonyl (C=O) groups excluding carboxylic acids is 6. The Morgan fingerprint density at radius 3 is 2.25 bits per heavy atom. The summed E-state index contributed by atoms with van der Waals surface area (Å²) in [7, 11) is 1.12. The first-order chi connectivity index (χ1) is 20.8. The predicted molar refractivity (Wildman–Crippen MR) is 151 cm³/mol. The van der Waals surface area contributed by atoms with Crippen LogP contribution in [-0.4, -0.2) is 91.4 Å². The Kier molecular flexibility index (Phi) is 13.9. The molecule has 1 aliphatic rings. The standard InChI is InChI=1S/C27H34N4O12S/c1-15(32)39-13-22(36)30-23-20(40-16(2)33)11-27(26(37)38-5,44-14-19-9-7-6-8-10-19)43-25(23)24(42-18(4)35)21(12-29-31-28)41-17(3)34/h6-10,20-21,23-25H,11-14H2,1-5H3,(H,30,36)/t20-,21+,23+,24+,25+,27-/m0/s1. The van der Waals surface area contributed by atoms with Gasteiger partial charge in [0.1, 0.15) is 18.3 Å². The summed E-state index contributed by atoms with van der Waals surface area (Å²) >= 11 is 0.980. The number of amides is 1. The number of carbonyl (C=O) groups is 6. The van der Waals surface area contributed by atoms with Crippen LogP contribution in [0.1, 0.15) is 39.7 Å². The number of nitrogens with one attached hydrogen (secondary N) is 1. The number of hydrogen-bond acceptors (Lipinski definition) is 14. The van der Waals surface area contributed by atoms with Crippen LogP contribution < -0.4 is 5.32 Å². The molecule has 1 N–H and O–H groups in total. The Bertz CT molecular complexity index is 1250. The molecule has 0 unspecified atom stereocenters. The fourth-order valence-electron chi connectivity index (χ4n) is 4.41. The lowest BCUT2D eigenvalue weighted by Crippen LogP contribution is -2.68. The van der Waals surface area contributed by atoms with Crippen molar-refractivity contribution in [2.45, 2.75) is 75.3 Å². The Morgan fingerprint density at radius 2 is 1.70 bits per heavy atom. The maximum Gasteiger partial charge on any atom is 0.349 e. The molecule has 1 aliphatic heterocycles. The van der Waals surface area contributed by atoms with Crippen LogP contribution in [0, 0.1) is 0 Å². The maximum atomic E-state index is 13.4. The highest BCUT2D eigenvalue weighted by molar-refractivity contribution is 8.00. The van der Waals surface area contributed by atoms with E-state index >= 15 is 0 Å². The Balaban J connectivity index is 2.74. The average molecular weight is 639 g/mol. The Morgan fingerprint density at radius 1 is 1.05 bits per heavy atom. The summed E-state index contributed by atoms with van der Waals surface area (Å²) in [5.41, 5.74) is 9.75. The zero-order valence-electron chi connectivity index (χ0n) is 24.8. The lowest BCUT2D eigenvalue weighted by Gasteiger charge is -2.48. The lowest BCUT2D eigenvalue weighted by atomic mass is 9.89. The van der Waals surface area contributed by atoms with E-state index in [0.29, 0.717) is 0 Å². The molecule has 0 aromatic heterocycles. The second kappa shape index (κ2) is 17.1. The topological polar surface area (TPSA) is 219 Å². The molecular formula is C27H34N4O12S. The van der Waals surface area contributed by atoms with Gasteiger partial charge in [-0.2, -0.15) is 0 Å². The van der Waals surface area contributed by atoms with Crippen LogP contribution in [0.2, 0.25) is 0 Å². The molecule has 240 valence electrons. The molecule has 1 heterocycles. The number of nitrogens with zero attached hydrogens (tertiary/aromatic N) is 3. The molecular weight excluding hydrogens is 604 g/mol. The SMILES string of the molecule is COC(=O)[C@@]1(SCc2ccccc2)C[C@H](OC(C)=O)[C@@H](NC(=O)COC(C)=O)[C@H]([C@H](OC(C)=O)[C@@H](CN=[N+]=[N-])OC(C)=O)O1. The van der Waals surface area contributed by atoms with Crippen LogP contribution in [0.5, 0.6) is 0 Å². The van der Waals surface area contributed by atoms with Crippen molar-refractivity contribution in [3.05, 3.63) is 46.3 Å². The monoisotopic (exact) mass is 638 g/mol. The van der Waals surface area contributed by atoms with E-state index in [-0.39, 0.29) is 12.2 Å². The summed E-state index contributed by atoms with van der Waals surface area (Å²) in [5, 5.41) is 5.99. The molecule has 1 aromatic rings. The van der Waals surface area contributed by atoms with Gasteiger partial charge in [0.05, 0.1) is 19.7 Å². The molecule has 17 heteroatoms. The fourth-order valence-corrected chi connectivity index (χ4v) is 5.67. The molecule has 1 aromatic carbocycles. The van der Waals surface area contributed by atoms with Crippen LogP contribution >= 0.6 is 11.8 Å². The second-order valence-electron chi connectivity index (χ2n) is 9.46. The maximum absolute atomic E-state index is 13.4. The fraction of sp³-hybridized carbons (Fsp3) is 0.556. The second-order valence-corrected chi connectivity index (χ2v) is 10.7. The number of benzene rings is 1. The molecule has 0 radical (unpaired) electrons. The average Bonchev–Trinajstić information content (AvgIpc) is 2.96. The zero-order valence-corrected chi connectivity index (χ0v) is 25.6. The number of rotatable bonds is 14. The van der Waals surface area contributed by atoms with E-state index in [2.05, 4.69) is 15.3 Å². The normalized spacial score (nSPS) is 22.2. The van der Waals surface area contributed by atoms with Gasteiger partial charge in [-0.15, -0.1) is 11.8 Å². The van der Waals surface area contributed by atoms with Crippen LogP contribution in [0.4, 0.5) is 0 Å². The zero-order chi connectivity index (χ0) is 32.9. The van der Waals surface area contributed by atoms with E-state index in [9.17, 15) is 28.8 Å². The van der Waals surface area contributed by atoms with Gasteiger partial charge >= 0.3 is 29.8 Å². The highest BCUT2D eigenvalue weighted by atomic mass is 32.2. The largest absolute Gasteiger partial charge is 0.466 e. The number of ether oxygens (including phenoxy) is 6. The molecule has 1 amide bonds.